The second-order valence-electron chi connectivity index (χ2n) is 6.11. The molecular formula is C17H22BrClN4O. The fraction of sp³-hybridized carbons (Fsp3) is 0.412. The van der Waals surface area contributed by atoms with Gasteiger partial charge in [0.1, 0.15) is 0 Å². The average molecular weight is 414 g/mol. The van der Waals surface area contributed by atoms with Gasteiger partial charge in [-0.25, -0.2) is 0 Å². The van der Waals surface area contributed by atoms with Crippen molar-refractivity contribution in [2.45, 2.75) is 19.4 Å². The fourth-order valence-electron chi connectivity index (χ4n) is 3.11. The van der Waals surface area contributed by atoms with E-state index in [0.29, 0.717) is 13.1 Å². The number of hydrogen-bond donors (Lipinski definition) is 2. The van der Waals surface area contributed by atoms with Crippen LogP contribution in [0.2, 0.25) is 0 Å². The van der Waals surface area contributed by atoms with Gasteiger partial charge in [0.05, 0.1) is 12.1 Å². The van der Waals surface area contributed by atoms with Gasteiger partial charge in [-0.15, -0.1) is 12.4 Å². The molecule has 5 nitrogen and oxygen atoms in total. The Labute approximate surface area is 156 Å². The lowest BCUT2D eigenvalue weighted by molar-refractivity contribution is -0.125. The molecule has 24 heavy (non-hydrogen) atoms. The van der Waals surface area contributed by atoms with E-state index in [4.69, 9.17) is 0 Å². The first-order valence-corrected chi connectivity index (χ1v) is 8.56. The lowest BCUT2D eigenvalue weighted by Gasteiger charge is -2.17. The van der Waals surface area contributed by atoms with Gasteiger partial charge in [0.25, 0.3) is 0 Å². The predicted molar refractivity (Wildman–Crippen MR) is 100 cm³/mol. The number of hydrogen-bond acceptors (Lipinski definition) is 3. The first kappa shape index (κ1) is 19.0. The summed E-state index contributed by atoms with van der Waals surface area (Å²) in [5.74, 6) is 0.246. The molecule has 0 unspecified atom stereocenters. The number of nitrogens with zero attached hydrogens (tertiary/aromatic N) is 2. The first-order chi connectivity index (χ1) is 11.0. The Hall–Kier alpha value is -1.37. The number of halogens is 2. The third kappa shape index (κ3) is 4.18. The Bertz CT molecular complexity index is 718. The molecular weight excluding hydrogens is 392 g/mol. The van der Waals surface area contributed by atoms with Crippen molar-refractivity contribution in [3.8, 4) is 0 Å². The summed E-state index contributed by atoms with van der Waals surface area (Å²) in [6, 6.07) is 6.12. The molecule has 1 saturated heterocycles. The molecule has 7 heteroatoms. The summed E-state index contributed by atoms with van der Waals surface area (Å²) >= 11 is 3.46. The summed E-state index contributed by atoms with van der Waals surface area (Å²) in [4.78, 5) is 12.6. The molecule has 2 heterocycles. The van der Waals surface area contributed by atoms with Crippen LogP contribution >= 0.6 is 28.3 Å². The first-order valence-electron chi connectivity index (χ1n) is 7.76. The van der Waals surface area contributed by atoms with E-state index in [9.17, 15) is 4.79 Å². The average Bonchev–Trinajstić information content (AvgIpc) is 3.14. The largest absolute Gasteiger partial charge is 0.352 e. The van der Waals surface area contributed by atoms with Crippen LogP contribution in [0, 0.1) is 12.8 Å². The quantitative estimate of drug-likeness (QED) is 0.810. The third-order valence-electron chi connectivity index (χ3n) is 4.46. The van der Waals surface area contributed by atoms with Gasteiger partial charge in [-0.1, -0.05) is 22.0 Å². The van der Waals surface area contributed by atoms with Crippen molar-refractivity contribution in [1.82, 2.24) is 20.4 Å². The van der Waals surface area contributed by atoms with Crippen LogP contribution in [0.3, 0.4) is 0 Å². The summed E-state index contributed by atoms with van der Waals surface area (Å²) in [5.41, 5.74) is 3.44. The van der Waals surface area contributed by atoms with Crippen molar-refractivity contribution < 1.29 is 4.79 Å². The summed E-state index contributed by atoms with van der Waals surface area (Å²) in [6.07, 6.45) is 3.85. The maximum atomic E-state index is 12.6. The number of aromatic nitrogens is 2. The summed E-state index contributed by atoms with van der Waals surface area (Å²) in [5, 5.41) is 10.6. The minimum absolute atomic E-state index is 0. The number of benzene rings is 1. The van der Waals surface area contributed by atoms with Crippen molar-refractivity contribution in [3.63, 3.8) is 0 Å². The zero-order chi connectivity index (χ0) is 16.4. The number of carbonyl (C=O) groups is 1. The second-order valence-corrected chi connectivity index (χ2v) is 7.02. The zero-order valence-corrected chi connectivity index (χ0v) is 16.2. The number of nitrogens with one attached hydrogen (secondary N) is 2. The van der Waals surface area contributed by atoms with Crippen LogP contribution in [-0.2, 0) is 18.4 Å². The molecule has 0 saturated carbocycles. The minimum Gasteiger partial charge on any atom is -0.352 e. The van der Waals surface area contributed by atoms with Crippen LogP contribution in [0.5, 0.6) is 0 Å². The van der Waals surface area contributed by atoms with Gasteiger partial charge in [0.2, 0.25) is 5.91 Å². The Morgan fingerprint density at radius 1 is 1.46 bits per heavy atom. The number of rotatable bonds is 4. The highest BCUT2D eigenvalue weighted by molar-refractivity contribution is 9.10. The SMILES string of the molecule is Cc1cc(Br)ccc1CNC(=O)[C@H]1CNC[C@@H]1c1cnn(C)c1.Cl. The molecule has 1 aliphatic heterocycles. The molecule has 0 aliphatic carbocycles. The van der Waals surface area contributed by atoms with Gasteiger partial charge >= 0.3 is 0 Å². The van der Waals surface area contributed by atoms with Crippen molar-refractivity contribution >= 4 is 34.2 Å². The van der Waals surface area contributed by atoms with Gasteiger partial charge in [0, 0.05) is 43.3 Å². The van der Waals surface area contributed by atoms with Crippen molar-refractivity contribution in [2.24, 2.45) is 13.0 Å². The molecule has 1 aliphatic rings. The van der Waals surface area contributed by atoms with Gasteiger partial charge < -0.3 is 10.6 Å². The monoisotopic (exact) mass is 412 g/mol. The third-order valence-corrected chi connectivity index (χ3v) is 4.95. The van der Waals surface area contributed by atoms with Crippen LogP contribution in [0.4, 0.5) is 0 Å². The highest BCUT2D eigenvalue weighted by atomic mass is 79.9. The van der Waals surface area contributed by atoms with Crippen LogP contribution in [0.25, 0.3) is 0 Å². The predicted octanol–water partition coefficient (Wildman–Crippen LogP) is 2.53. The molecule has 3 rings (SSSR count). The normalized spacial score (nSPS) is 19.8. The van der Waals surface area contributed by atoms with E-state index in [2.05, 4.69) is 44.7 Å². The molecule has 2 aromatic rings. The molecule has 0 radical (unpaired) electrons. The van der Waals surface area contributed by atoms with E-state index in [0.717, 1.165) is 22.1 Å². The Kier molecular flexibility index (Phi) is 6.43. The lowest BCUT2D eigenvalue weighted by Crippen LogP contribution is -2.34. The molecule has 1 amide bonds. The van der Waals surface area contributed by atoms with E-state index in [1.54, 1.807) is 4.68 Å². The summed E-state index contributed by atoms with van der Waals surface area (Å²) in [7, 11) is 1.90. The van der Waals surface area contributed by atoms with E-state index < -0.39 is 0 Å². The molecule has 2 atom stereocenters. The minimum atomic E-state index is -0.0463. The highest BCUT2D eigenvalue weighted by Gasteiger charge is 2.34. The van der Waals surface area contributed by atoms with E-state index in [1.807, 2.05) is 31.6 Å². The maximum absolute atomic E-state index is 12.6. The molecule has 0 bridgehead atoms. The maximum Gasteiger partial charge on any atom is 0.225 e. The summed E-state index contributed by atoms with van der Waals surface area (Å²) in [6.45, 7) is 4.15. The smallest absolute Gasteiger partial charge is 0.225 e. The van der Waals surface area contributed by atoms with E-state index in [1.165, 1.54) is 5.56 Å². The van der Waals surface area contributed by atoms with Gasteiger partial charge in [0.15, 0.2) is 0 Å². The Morgan fingerprint density at radius 3 is 2.92 bits per heavy atom. The lowest BCUT2D eigenvalue weighted by atomic mass is 9.90. The number of aryl methyl sites for hydroxylation is 2. The molecule has 130 valence electrons. The van der Waals surface area contributed by atoms with Crippen LogP contribution in [0.15, 0.2) is 35.1 Å². The van der Waals surface area contributed by atoms with E-state index >= 15 is 0 Å². The van der Waals surface area contributed by atoms with Crippen molar-refractivity contribution in [2.75, 3.05) is 13.1 Å². The van der Waals surface area contributed by atoms with Crippen molar-refractivity contribution in [3.05, 3.63) is 51.8 Å². The number of amides is 1. The second kappa shape index (κ2) is 8.14. The Balaban J connectivity index is 0.00000208. The van der Waals surface area contributed by atoms with Gasteiger partial charge in [-0.2, -0.15) is 5.10 Å². The van der Waals surface area contributed by atoms with Crippen LogP contribution in [0.1, 0.15) is 22.6 Å². The summed E-state index contributed by atoms with van der Waals surface area (Å²) < 4.78 is 2.84. The molecule has 0 spiro atoms. The molecule has 2 N–H and O–H groups in total. The Morgan fingerprint density at radius 2 is 2.25 bits per heavy atom. The highest BCUT2D eigenvalue weighted by Crippen LogP contribution is 2.28. The number of carbonyl (C=O) groups excluding carboxylic acids is 1. The molecule has 1 aromatic carbocycles. The topological polar surface area (TPSA) is 59.0 Å². The van der Waals surface area contributed by atoms with Gasteiger partial charge in [-0.3, -0.25) is 9.48 Å². The van der Waals surface area contributed by atoms with E-state index in [-0.39, 0.29) is 30.2 Å². The zero-order valence-electron chi connectivity index (χ0n) is 13.8. The standard InChI is InChI=1S/C17H21BrN4O.ClH/c1-11-5-14(18)4-3-12(11)6-20-17(23)16-9-19-8-15(16)13-7-21-22(2)10-13;/h3-5,7,10,15-16,19H,6,8-9H2,1-2H3,(H,20,23);1H/t15-,16+;/m1./s1. The van der Waals surface area contributed by atoms with Crippen molar-refractivity contribution in [1.29, 1.82) is 0 Å². The van der Waals surface area contributed by atoms with Crippen LogP contribution < -0.4 is 10.6 Å². The molecule has 1 fully saturated rings. The van der Waals surface area contributed by atoms with Crippen LogP contribution in [-0.4, -0.2) is 28.8 Å². The van der Waals surface area contributed by atoms with Gasteiger partial charge in [-0.05, 0) is 35.7 Å². The fourth-order valence-corrected chi connectivity index (χ4v) is 3.58. The molecule has 1 aromatic heterocycles.